The smallest absolute Gasteiger partial charge is 0.205 e. The molecule has 5 heteroatoms. The minimum absolute atomic E-state index is 0.682. The summed E-state index contributed by atoms with van der Waals surface area (Å²) in [7, 11) is 1.95. The molecule has 1 aliphatic rings. The predicted molar refractivity (Wildman–Crippen MR) is 49.3 cm³/mol. The van der Waals surface area contributed by atoms with Crippen LogP contribution < -0.4 is 4.90 Å². The van der Waals surface area contributed by atoms with Crippen LogP contribution in [0.5, 0.6) is 0 Å². The minimum atomic E-state index is 0.682. The summed E-state index contributed by atoms with van der Waals surface area (Å²) < 4.78 is 1.96. The number of anilines is 1. The van der Waals surface area contributed by atoms with Gasteiger partial charge in [-0.05, 0) is 0 Å². The van der Waals surface area contributed by atoms with Gasteiger partial charge in [0.05, 0.1) is 12.3 Å². The van der Waals surface area contributed by atoms with E-state index < -0.39 is 0 Å². The van der Waals surface area contributed by atoms with E-state index in [1.165, 1.54) is 0 Å². The summed E-state index contributed by atoms with van der Waals surface area (Å²) >= 11 is 0. The molecular formula is C8H12N4O. The van der Waals surface area contributed by atoms with Crippen molar-refractivity contribution in [3.8, 4) is 0 Å². The molecule has 0 spiro atoms. The number of aryl methyl sites for hydroxylation is 1. The normalized spacial score (nSPS) is 20.1. The highest BCUT2D eigenvalue weighted by atomic mass is 16.4. The molecule has 0 aromatic carbocycles. The molecule has 2 rings (SSSR count). The van der Waals surface area contributed by atoms with E-state index in [4.69, 9.17) is 5.21 Å². The van der Waals surface area contributed by atoms with Crippen molar-refractivity contribution in [1.29, 1.82) is 0 Å². The van der Waals surface area contributed by atoms with Gasteiger partial charge in [0, 0.05) is 32.4 Å². The molecule has 2 heterocycles. The van der Waals surface area contributed by atoms with Crippen LogP contribution in [0.1, 0.15) is 6.42 Å². The Kier molecular flexibility index (Phi) is 1.92. The third-order valence-electron chi connectivity index (χ3n) is 2.26. The van der Waals surface area contributed by atoms with Gasteiger partial charge in [0.15, 0.2) is 0 Å². The molecule has 0 saturated carbocycles. The van der Waals surface area contributed by atoms with Crippen molar-refractivity contribution in [2.24, 2.45) is 12.2 Å². The van der Waals surface area contributed by atoms with Gasteiger partial charge in [0.25, 0.3) is 0 Å². The number of hydrogen-bond acceptors (Lipinski definition) is 4. The Morgan fingerprint density at radius 2 is 2.46 bits per heavy atom. The van der Waals surface area contributed by atoms with Crippen molar-refractivity contribution >= 4 is 11.7 Å². The molecule has 1 aromatic rings. The second-order valence-corrected chi connectivity index (χ2v) is 3.18. The molecule has 1 aliphatic heterocycles. The zero-order chi connectivity index (χ0) is 9.26. The Morgan fingerprint density at radius 3 is 3.00 bits per heavy atom. The molecule has 70 valence electrons. The number of imidazole rings is 1. The maximum atomic E-state index is 8.58. The van der Waals surface area contributed by atoms with Gasteiger partial charge in [-0.3, -0.25) is 0 Å². The highest BCUT2D eigenvalue weighted by Gasteiger charge is 2.20. The second kappa shape index (κ2) is 3.08. The van der Waals surface area contributed by atoms with E-state index in [2.05, 4.69) is 15.0 Å². The van der Waals surface area contributed by atoms with E-state index in [-0.39, 0.29) is 0 Å². The van der Waals surface area contributed by atoms with E-state index in [1.807, 2.05) is 17.8 Å². The van der Waals surface area contributed by atoms with Crippen molar-refractivity contribution in [3.05, 3.63) is 12.4 Å². The summed E-state index contributed by atoms with van der Waals surface area (Å²) in [6.07, 6.45) is 4.50. The summed E-state index contributed by atoms with van der Waals surface area (Å²) in [5, 5.41) is 11.8. The maximum absolute atomic E-state index is 8.58. The van der Waals surface area contributed by atoms with E-state index in [1.54, 1.807) is 6.20 Å². The zero-order valence-electron chi connectivity index (χ0n) is 7.51. The van der Waals surface area contributed by atoms with Crippen molar-refractivity contribution in [2.45, 2.75) is 6.42 Å². The molecule has 1 N–H and O–H groups in total. The van der Waals surface area contributed by atoms with E-state index in [0.717, 1.165) is 24.6 Å². The summed E-state index contributed by atoms with van der Waals surface area (Å²) in [4.78, 5) is 6.31. The third-order valence-corrected chi connectivity index (χ3v) is 2.26. The lowest BCUT2D eigenvalue weighted by Gasteiger charge is -2.14. The molecule has 5 nitrogen and oxygen atoms in total. The first-order valence-electron chi connectivity index (χ1n) is 4.23. The fourth-order valence-electron chi connectivity index (χ4n) is 1.56. The summed E-state index contributed by atoms with van der Waals surface area (Å²) in [5.74, 6) is 0.929. The Hall–Kier alpha value is -1.52. The molecule has 1 saturated heterocycles. The van der Waals surface area contributed by atoms with Crippen LogP contribution in [0.3, 0.4) is 0 Å². The number of oxime groups is 1. The van der Waals surface area contributed by atoms with Crippen LogP contribution in [0, 0.1) is 0 Å². The minimum Gasteiger partial charge on any atom is -0.411 e. The summed E-state index contributed by atoms with van der Waals surface area (Å²) in [6, 6.07) is 0. The summed E-state index contributed by atoms with van der Waals surface area (Å²) in [6.45, 7) is 1.56. The van der Waals surface area contributed by atoms with Gasteiger partial charge in [-0.1, -0.05) is 5.16 Å². The molecule has 0 unspecified atom stereocenters. The Labute approximate surface area is 76.3 Å². The Morgan fingerprint density at radius 1 is 1.62 bits per heavy atom. The van der Waals surface area contributed by atoms with Gasteiger partial charge < -0.3 is 14.7 Å². The molecule has 1 aromatic heterocycles. The van der Waals surface area contributed by atoms with Gasteiger partial charge in [-0.2, -0.15) is 0 Å². The second-order valence-electron chi connectivity index (χ2n) is 3.18. The molecule has 0 aliphatic carbocycles. The standard InChI is InChI=1S/C8H12N4O/c1-11-5-3-9-8(11)12-4-2-7(6-12)10-13/h3,5,13H,2,4,6H2,1H3/b10-7-. The van der Waals surface area contributed by atoms with Crippen molar-refractivity contribution in [2.75, 3.05) is 18.0 Å². The first kappa shape index (κ1) is 8.10. The molecule has 0 bridgehead atoms. The van der Waals surface area contributed by atoms with Gasteiger partial charge in [-0.15, -0.1) is 0 Å². The average Bonchev–Trinajstić information content (AvgIpc) is 2.71. The number of aromatic nitrogens is 2. The van der Waals surface area contributed by atoms with Crippen LogP contribution in [0.4, 0.5) is 5.95 Å². The fraction of sp³-hybridized carbons (Fsp3) is 0.500. The molecule has 0 amide bonds. The molecular weight excluding hydrogens is 168 g/mol. The van der Waals surface area contributed by atoms with E-state index in [9.17, 15) is 0 Å². The molecule has 13 heavy (non-hydrogen) atoms. The topological polar surface area (TPSA) is 53.7 Å². The number of nitrogens with zero attached hydrogens (tertiary/aromatic N) is 4. The lowest BCUT2D eigenvalue weighted by molar-refractivity contribution is 0.318. The monoisotopic (exact) mass is 180 g/mol. The highest BCUT2D eigenvalue weighted by Crippen LogP contribution is 2.15. The van der Waals surface area contributed by atoms with Crippen LogP contribution in [-0.4, -0.2) is 33.6 Å². The number of rotatable bonds is 1. The SMILES string of the molecule is Cn1ccnc1N1CC/C(=N/O)C1. The summed E-state index contributed by atoms with van der Waals surface area (Å²) in [5.41, 5.74) is 0.822. The van der Waals surface area contributed by atoms with Crippen LogP contribution in [0.15, 0.2) is 17.5 Å². The molecule has 1 fully saturated rings. The fourth-order valence-corrected chi connectivity index (χ4v) is 1.56. The van der Waals surface area contributed by atoms with E-state index >= 15 is 0 Å². The van der Waals surface area contributed by atoms with Gasteiger partial charge >= 0.3 is 0 Å². The average molecular weight is 180 g/mol. The first-order chi connectivity index (χ1) is 6.31. The van der Waals surface area contributed by atoms with Gasteiger partial charge in [-0.25, -0.2) is 4.98 Å². The first-order valence-corrected chi connectivity index (χ1v) is 4.23. The van der Waals surface area contributed by atoms with Crippen molar-refractivity contribution in [1.82, 2.24) is 9.55 Å². The third kappa shape index (κ3) is 1.37. The van der Waals surface area contributed by atoms with Crippen molar-refractivity contribution in [3.63, 3.8) is 0 Å². The quantitative estimate of drug-likeness (QED) is 0.504. The Bertz CT molecular complexity index is 331. The number of hydrogen-bond donors (Lipinski definition) is 1. The largest absolute Gasteiger partial charge is 0.411 e. The van der Waals surface area contributed by atoms with Crippen LogP contribution >= 0.6 is 0 Å². The lowest BCUT2D eigenvalue weighted by atomic mass is 10.3. The van der Waals surface area contributed by atoms with Gasteiger partial charge in [0.1, 0.15) is 0 Å². The van der Waals surface area contributed by atoms with Crippen LogP contribution in [-0.2, 0) is 7.05 Å². The molecule has 0 atom stereocenters. The maximum Gasteiger partial charge on any atom is 0.205 e. The van der Waals surface area contributed by atoms with Gasteiger partial charge in [0.2, 0.25) is 5.95 Å². The lowest BCUT2D eigenvalue weighted by Crippen LogP contribution is -2.22. The molecule has 0 radical (unpaired) electrons. The van der Waals surface area contributed by atoms with E-state index in [0.29, 0.717) is 6.54 Å². The highest BCUT2D eigenvalue weighted by molar-refractivity contribution is 5.91. The van der Waals surface area contributed by atoms with Crippen LogP contribution in [0.2, 0.25) is 0 Å². The Balaban J connectivity index is 2.17. The van der Waals surface area contributed by atoms with Crippen molar-refractivity contribution < 1.29 is 5.21 Å². The van der Waals surface area contributed by atoms with Crippen LogP contribution in [0.25, 0.3) is 0 Å². The predicted octanol–water partition coefficient (Wildman–Crippen LogP) is 0.460. The zero-order valence-corrected chi connectivity index (χ0v) is 7.51.